The van der Waals surface area contributed by atoms with E-state index in [0.29, 0.717) is 6.42 Å². The van der Waals surface area contributed by atoms with Crippen LogP contribution in [-0.4, -0.2) is 16.7 Å². The number of aliphatic hydroxyl groups is 1. The fourth-order valence-corrected chi connectivity index (χ4v) is 1.64. The summed E-state index contributed by atoms with van der Waals surface area (Å²) >= 11 is 0. The van der Waals surface area contributed by atoms with Gasteiger partial charge in [-0.1, -0.05) is 36.4 Å². The molecule has 0 saturated heterocycles. The van der Waals surface area contributed by atoms with Crippen molar-refractivity contribution in [1.29, 1.82) is 0 Å². The molecule has 0 aliphatic rings. The zero-order valence-corrected chi connectivity index (χ0v) is 9.13. The van der Waals surface area contributed by atoms with E-state index in [1.54, 1.807) is 0 Å². The molecule has 0 saturated carbocycles. The lowest BCUT2D eigenvalue weighted by molar-refractivity contribution is 0.299. The van der Waals surface area contributed by atoms with Crippen LogP contribution in [0, 0.1) is 0 Å². The van der Waals surface area contributed by atoms with E-state index in [-0.39, 0.29) is 6.61 Å². The molecule has 1 N–H and O–H groups in total. The summed E-state index contributed by atoms with van der Waals surface area (Å²) < 4.78 is 0. The zero-order chi connectivity index (χ0) is 11.2. The minimum absolute atomic E-state index is 0.180. The van der Waals surface area contributed by atoms with E-state index in [2.05, 4.69) is 17.1 Å². The van der Waals surface area contributed by atoms with Gasteiger partial charge in [0, 0.05) is 24.9 Å². The molecule has 2 nitrogen and oxygen atoms in total. The maximum absolute atomic E-state index is 8.80. The van der Waals surface area contributed by atoms with Crippen molar-refractivity contribution in [3.8, 4) is 0 Å². The van der Waals surface area contributed by atoms with Gasteiger partial charge in [0.1, 0.15) is 0 Å². The first kappa shape index (κ1) is 10.8. The van der Waals surface area contributed by atoms with Crippen molar-refractivity contribution in [3.63, 3.8) is 0 Å². The van der Waals surface area contributed by atoms with Gasteiger partial charge < -0.3 is 5.11 Å². The largest absolute Gasteiger partial charge is 0.396 e. The summed E-state index contributed by atoms with van der Waals surface area (Å²) in [5.41, 5.74) is 3.41. The van der Waals surface area contributed by atoms with Gasteiger partial charge >= 0.3 is 0 Å². The van der Waals surface area contributed by atoms with Crippen LogP contribution in [0.25, 0.3) is 0 Å². The SMILES string of the molecule is OCCc1ccc(Cc2ccccc2)nc1. The summed E-state index contributed by atoms with van der Waals surface area (Å²) in [6, 6.07) is 14.3. The van der Waals surface area contributed by atoms with Crippen LogP contribution in [0.5, 0.6) is 0 Å². The van der Waals surface area contributed by atoms with Gasteiger partial charge in [-0.05, 0) is 23.6 Å². The summed E-state index contributed by atoms with van der Waals surface area (Å²) in [6.07, 6.45) is 3.38. The molecule has 16 heavy (non-hydrogen) atoms. The van der Waals surface area contributed by atoms with Crippen LogP contribution in [-0.2, 0) is 12.8 Å². The van der Waals surface area contributed by atoms with Crippen molar-refractivity contribution in [2.24, 2.45) is 0 Å². The van der Waals surface area contributed by atoms with Gasteiger partial charge in [0.05, 0.1) is 0 Å². The van der Waals surface area contributed by atoms with E-state index in [1.807, 2.05) is 36.5 Å². The molecule has 0 aliphatic carbocycles. The highest BCUT2D eigenvalue weighted by atomic mass is 16.2. The summed E-state index contributed by atoms with van der Waals surface area (Å²) in [7, 11) is 0. The van der Waals surface area contributed by atoms with E-state index in [9.17, 15) is 0 Å². The van der Waals surface area contributed by atoms with Gasteiger partial charge in [0.2, 0.25) is 0 Å². The highest BCUT2D eigenvalue weighted by Crippen LogP contribution is 2.08. The van der Waals surface area contributed by atoms with Crippen molar-refractivity contribution >= 4 is 0 Å². The zero-order valence-electron chi connectivity index (χ0n) is 9.13. The Kier molecular flexibility index (Phi) is 3.67. The summed E-state index contributed by atoms with van der Waals surface area (Å²) in [5.74, 6) is 0. The molecule has 0 bridgehead atoms. The second-order valence-corrected chi connectivity index (χ2v) is 3.79. The fourth-order valence-electron chi connectivity index (χ4n) is 1.64. The average Bonchev–Trinajstić information content (AvgIpc) is 2.33. The lowest BCUT2D eigenvalue weighted by atomic mass is 10.1. The summed E-state index contributed by atoms with van der Waals surface area (Å²) in [6.45, 7) is 0.180. The van der Waals surface area contributed by atoms with Gasteiger partial charge in [-0.15, -0.1) is 0 Å². The molecule has 0 amide bonds. The van der Waals surface area contributed by atoms with Crippen LogP contribution in [0.15, 0.2) is 48.7 Å². The van der Waals surface area contributed by atoms with Crippen molar-refractivity contribution in [2.45, 2.75) is 12.8 Å². The number of pyridine rings is 1. The third-order valence-corrected chi connectivity index (χ3v) is 2.51. The Morgan fingerprint density at radius 1 is 0.938 bits per heavy atom. The van der Waals surface area contributed by atoms with E-state index >= 15 is 0 Å². The maximum Gasteiger partial charge on any atom is 0.0472 e. The molecule has 2 aromatic rings. The molecule has 2 rings (SSSR count). The first-order chi connectivity index (χ1) is 7.88. The van der Waals surface area contributed by atoms with Crippen molar-refractivity contribution in [3.05, 3.63) is 65.5 Å². The number of rotatable bonds is 4. The molecule has 1 aromatic heterocycles. The second kappa shape index (κ2) is 5.42. The number of hydrogen-bond donors (Lipinski definition) is 1. The van der Waals surface area contributed by atoms with Crippen LogP contribution >= 0.6 is 0 Å². The number of nitrogens with zero attached hydrogens (tertiary/aromatic N) is 1. The predicted octanol–water partition coefficient (Wildman–Crippen LogP) is 2.21. The van der Waals surface area contributed by atoms with Gasteiger partial charge in [0.15, 0.2) is 0 Å². The molecule has 0 atom stereocenters. The molecule has 0 unspecified atom stereocenters. The molecule has 1 aromatic carbocycles. The van der Waals surface area contributed by atoms with Crippen molar-refractivity contribution < 1.29 is 5.11 Å². The maximum atomic E-state index is 8.80. The van der Waals surface area contributed by atoms with E-state index < -0.39 is 0 Å². The van der Waals surface area contributed by atoms with Gasteiger partial charge in [-0.2, -0.15) is 0 Å². The molecule has 2 heteroatoms. The molecule has 82 valence electrons. The van der Waals surface area contributed by atoms with Crippen LogP contribution < -0.4 is 0 Å². The normalized spacial score (nSPS) is 10.3. The minimum Gasteiger partial charge on any atom is -0.396 e. The Morgan fingerprint density at radius 3 is 2.38 bits per heavy atom. The minimum atomic E-state index is 0.180. The van der Waals surface area contributed by atoms with Crippen LogP contribution in [0.2, 0.25) is 0 Å². The predicted molar refractivity (Wildman–Crippen MR) is 64.3 cm³/mol. The molecule has 0 spiro atoms. The van der Waals surface area contributed by atoms with E-state index in [1.165, 1.54) is 5.56 Å². The average molecular weight is 213 g/mol. The quantitative estimate of drug-likeness (QED) is 0.844. The summed E-state index contributed by atoms with van der Waals surface area (Å²) in [4.78, 5) is 4.38. The standard InChI is InChI=1S/C14H15NO/c16-9-8-13-6-7-14(15-11-13)10-12-4-2-1-3-5-12/h1-7,11,16H,8-10H2. The molecular weight excluding hydrogens is 198 g/mol. The van der Waals surface area contributed by atoms with Crippen molar-refractivity contribution in [1.82, 2.24) is 4.98 Å². The molecule has 1 heterocycles. The Bertz CT molecular complexity index is 422. The number of aromatic nitrogens is 1. The van der Waals surface area contributed by atoms with Gasteiger partial charge in [-0.25, -0.2) is 0 Å². The van der Waals surface area contributed by atoms with Crippen LogP contribution in [0.1, 0.15) is 16.8 Å². The van der Waals surface area contributed by atoms with E-state index in [0.717, 1.165) is 17.7 Å². The smallest absolute Gasteiger partial charge is 0.0472 e. The third kappa shape index (κ3) is 2.91. The Hall–Kier alpha value is -1.67. The fraction of sp³-hybridized carbons (Fsp3) is 0.214. The number of hydrogen-bond acceptors (Lipinski definition) is 2. The van der Waals surface area contributed by atoms with Crippen LogP contribution in [0.4, 0.5) is 0 Å². The topological polar surface area (TPSA) is 33.1 Å². The third-order valence-electron chi connectivity index (χ3n) is 2.51. The first-order valence-corrected chi connectivity index (χ1v) is 5.47. The van der Waals surface area contributed by atoms with Gasteiger partial charge in [0.25, 0.3) is 0 Å². The number of aliphatic hydroxyl groups excluding tert-OH is 1. The monoisotopic (exact) mass is 213 g/mol. The Morgan fingerprint density at radius 2 is 1.75 bits per heavy atom. The second-order valence-electron chi connectivity index (χ2n) is 3.79. The summed E-state index contributed by atoms with van der Waals surface area (Å²) in [5, 5.41) is 8.80. The molecular formula is C14H15NO. The lowest BCUT2D eigenvalue weighted by Gasteiger charge is -2.02. The van der Waals surface area contributed by atoms with Gasteiger partial charge in [-0.3, -0.25) is 4.98 Å². The first-order valence-electron chi connectivity index (χ1n) is 5.47. The molecule has 0 fully saturated rings. The Labute approximate surface area is 95.6 Å². The van der Waals surface area contributed by atoms with E-state index in [4.69, 9.17) is 5.11 Å². The highest BCUT2D eigenvalue weighted by molar-refractivity contribution is 5.23. The van der Waals surface area contributed by atoms with Crippen molar-refractivity contribution in [2.75, 3.05) is 6.61 Å². The highest BCUT2D eigenvalue weighted by Gasteiger charge is 1.97. The number of benzene rings is 1. The lowest BCUT2D eigenvalue weighted by Crippen LogP contribution is -1.95. The molecule has 0 radical (unpaired) electrons. The van der Waals surface area contributed by atoms with Crippen LogP contribution in [0.3, 0.4) is 0 Å². The molecule has 0 aliphatic heterocycles. The Balaban J connectivity index is 2.05.